The average Bonchev–Trinajstić information content (AvgIpc) is 2.75. The van der Waals surface area contributed by atoms with E-state index >= 15 is 0 Å². The number of aliphatic hydroxyl groups excluding tert-OH is 1. The van der Waals surface area contributed by atoms with Crippen LogP contribution in [0, 0.1) is 10.1 Å². The van der Waals surface area contributed by atoms with Crippen molar-refractivity contribution in [3.63, 3.8) is 0 Å². The molecule has 1 amide bonds. The second-order valence-electron chi connectivity index (χ2n) is 4.08. The van der Waals surface area contributed by atoms with Crippen LogP contribution in [0.15, 0.2) is 12.3 Å². The lowest BCUT2D eigenvalue weighted by molar-refractivity contribution is -0.385. The van der Waals surface area contributed by atoms with Crippen LogP contribution in [0.4, 0.5) is 11.5 Å². The van der Waals surface area contributed by atoms with Crippen molar-refractivity contribution in [1.29, 1.82) is 0 Å². The first-order valence-electron chi connectivity index (χ1n) is 5.36. The number of aliphatic hydroxyl groups is 1. The molecule has 0 spiro atoms. The number of nitro groups is 1. The van der Waals surface area contributed by atoms with Crippen LogP contribution < -0.4 is 5.73 Å². The number of nitrogens with two attached hydrogens (primary N) is 1. The average molecular weight is 252 g/mol. The third-order valence-electron chi connectivity index (χ3n) is 2.80. The summed E-state index contributed by atoms with van der Waals surface area (Å²) in [5.74, 6) is -0.493. The lowest BCUT2D eigenvalue weighted by Gasteiger charge is -2.15. The van der Waals surface area contributed by atoms with Crippen molar-refractivity contribution >= 4 is 17.4 Å². The quantitative estimate of drug-likeness (QED) is 0.554. The number of carbonyl (C=O) groups excluding carboxylic acids is 1. The van der Waals surface area contributed by atoms with Gasteiger partial charge in [-0.2, -0.15) is 0 Å². The molecular formula is C10H12N4O4. The molecule has 1 atom stereocenters. The van der Waals surface area contributed by atoms with Gasteiger partial charge in [0.1, 0.15) is 12.0 Å². The zero-order valence-corrected chi connectivity index (χ0v) is 9.44. The number of amides is 1. The molecule has 0 aliphatic carbocycles. The van der Waals surface area contributed by atoms with E-state index in [2.05, 4.69) is 4.98 Å². The van der Waals surface area contributed by atoms with E-state index in [-0.39, 0.29) is 23.6 Å². The number of aromatic nitrogens is 1. The number of nitrogen functional groups attached to an aromatic ring is 1. The Morgan fingerprint density at radius 3 is 2.94 bits per heavy atom. The molecule has 1 unspecified atom stereocenters. The summed E-state index contributed by atoms with van der Waals surface area (Å²) in [5.41, 5.74) is 5.26. The molecule has 2 rings (SSSR count). The van der Waals surface area contributed by atoms with Gasteiger partial charge in [-0.15, -0.1) is 0 Å². The molecule has 3 N–H and O–H groups in total. The van der Waals surface area contributed by atoms with Gasteiger partial charge in [0.2, 0.25) is 0 Å². The van der Waals surface area contributed by atoms with Gasteiger partial charge in [0.25, 0.3) is 11.6 Å². The maximum absolute atomic E-state index is 12.1. The number of hydrogen-bond acceptors (Lipinski definition) is 6. The first kappa shape index (κ1) is 12.2. The smallest absolute Gasteiger partial charge is 0.288 e. The highest BCUT2D eigenvalue weighted by molar-refractivity contribution is 5.99. The summed E-state index contributed by atoms with van der Waals surface area (Å²) >= 11 is 0. The third kappa shape index (κ3) is 2.23. The van der Waals surface area contributed by atoms with E-state index in [1.54, 1.807) is 0 Å². The first-order chi connectivity index (χ1) is 8.49. The maximum Gasteiger partial charge on any atom is 0.288 e. The van der Waals surface area contributed by atoms with Gasteiger partial charge < -0.3 is 15.7 Å². The molecule has 8 heteroatoms. The fourth-order valence-electron chi connectivity index (χ4n) is 1.83. The summed E-state index contributed by atoms with van der Waals surface area (Å²) in [6.45, 7) is 0.614. The van der Waals surface area contributed by atoms with Crippen molar-refractivity contribution in [3.05, 3.63) is 27.9 Å². The zero-order chi connectivity index (χ0) is 13.3. The first-order valence-corrected chi connectivity index (χ1v) is 5.36. The Balaban J connectivity index is 2.29. The highest BCUT2D eigenvalue weighted by Crippen LogP contribution is 2.20. The molecule has 1 saturated heterocycles. The molecule has 1 aliphatic heterocycles. The number of carbonyl (C=O) groups is 1. The molecule has 96 valence electrons. The van der Waals surface area contributed by atoms with Crippen LogP contribution in [0.2, 0.25) is 0 Å². The fraction of sp³-hybridized carbons (Fsp3) is 0.400. The van der Waals surface area contributed by atoms with Crippen LogP contribution in [0.25, 0.3) is 0 Å². The van der Waals surface area contributed by atoms with Crippen molar-refractivity contribution in [2.75, 3.05) is 18.8 Å². The van der Waals surface area contributed by atoms with E-state index in [9.17, 15) is 20.0 Å². The van der Waals surface area contributed by atoms with E-state index in [0.29, 0.717) is 13.0 Å². The predicted molar refractivity (Wildman–Crippen MR) is 61.8 cm³/mol. The Morgan fingerprint density at radius 2 is 2.39 bits per heavy atom. The van der Waals surface area contributed by atoms with Gasteiger partial charge >= 0.3 is 0 Å². The summed E-state index contributed by atoms with van der Waals surface area (Å²) in [5, 5.41) is 20.0. The largest absolute Gasteiger partial charge is 0.391 e. The van der Waals surface area contributed by atoms with Gasteiger partial charge in [0.15, 0.2) is 0 Å². The Bertz CT molecular complexity index is 505. The molecule has 1 aliphatic rings. The van der Waals surface area contributed by atoms with E-state index < -0.39 is 16.9 Å². The van der Waals surface area contributed by atoms with Crippen LogP contribution >= 0.6 is 0 Å². The number of hydrogen-bond donors (Lipinski definition) is 2. The normalized spacial score (nSPS) is 18.9. The predicted octanol–water partition coefficient (Wildman–Crippen LogP) is -0.221. The van der Waals surface area contributed by atoms with E-state index in [1.165, 1.54) is 4.90 Å². The standard InChI is InChI=1S/C10H12N4O4/c11-9-8(3-6(4-12-9)14(17)18)10(16)13-2-1-7(15)5-13/h3-4,7,15H,1-2,5H2,(H2,11,12). The molecule has 1 aromatic heterocycles. The lowest BCUT2D eigenvalue weighted by Crippen LogP contribution is -2.30. The topological polar surface area (TPSA) is 123 Å². The molecule has 0 saturated carbocycles. The van der Waals surface area contributed by atoms with Crippen molar-refractivity contribution in [1.82, 2.24) is 9.88 Å². The van der Waals surface area contributed by atoms with Gasteiger partial charge in [-0.1, -0.05) is 0 Å². The molecule has 8 nitrogen and oxygen atoms in total. The minimum Gasteiger partial charge on any atom is -0.391 e. The highest BCUT2D eigenvalue weighted by Gasteiger charge is 2.28. The number of pyridine rings is 1. The molecule has 1 aromatic rings. The fourth-order valence-corrected chi connectivity index (χ4v) is 1.83. The minimum absolute atomic E-state index is 0.00157. The Hall–Kier alpha value is -2.22. The minimum atomic E-state index is -0.637. The second kappa shape index (κ2) is 4.57. The summed E-state index contributed by atoms with van der Waals surface area (Å²) in [7, 11) is 0. The van der Waals surface area contributed by atoms with Crippen LogP contribution in [-0.2, 0) is 0 Å². The van der Waals surface area contributed by atoms with Crippen LogP contribution in [-0.4, -0.2) is 45.0 Å². The van der Waals surface area contributed by atoms with E-state index in [1.807, 2.05) is 0 Å². The number of β-amino-alcohol motifs (C(OH)–C–C–N with tert-alkyl or cyclic N) is 1. The van der Waals surface area contributed by atoms with Gasteiger partial charge in [-0.25, -0.2) is 4.98 Å². The van der Waals surface area contributed by atoms with E-state index in [0.717, 1.165) is 12.3 Å². The van der Waals surface area contributed by atoms with Crippen LogP contribution in [0.3, 0.4) is 0 Å². The van der Waals surface area contributed by atoms with Gasteiger partial charge in [-0.05, 0) is 6.42 Å². The lowest BCUT2D eigenvalue weighted by atomic mass is 10.2. The Kier molecular flexibility index (Phi) is 3.11. The van der Waals surface area contributed by atoms with Crippen LogP contribution in [0.1, 0.15) is 16.8 Å². The third-order valence-corrected chi connectivity index (χ3v) is 2.80. The van der Waals surface area contributed by atoms with Gasteiger partial charge in [0.05, 0.1) is 16.6 Å². The van der Waals surface area contributed by atoms with Crippen molar-refractivity contribution in [3.8, 4) is 0 Å². The van der Waals surface area contributed by atoms with Gasteiger partial charge in [0, 0.05) is 19.2 Å². The monoisotopic (exact) mass is 252 g/mol. The summed E-state index contributed by atoms with van der Waals surface area (Å²) in [4.78, 5) is 27.1. The van der Waals surface area contributed by atoms with Gasteiger partial charge in [-0.3, -0.25) is 14.9 Å². The number of anilines is 1. The summed E-state index contributed by atoms with van der Waals surface area (Å²) < 4.78 is 0. The van der Waals surface area contributed by atoms with Crippen molar-refractivity contribution in [2.24, 2.45) is 0 Å². The molecule has 0 bridgehead atoms. The molecule has 0 aromatic carbocycles. The number of likely N-dealkylation sites (tertiary alicyclic amines) is 1. The SMILES string of the molecule is Nc1ncc([N+](=O)[O-])cc1C(=O)N1CCC(O)C1. The maximum atomic E-state index is 12.1. The number of nitrogens with zero attached hydrogens (tertiary/aromatic N) is 3. The Labute approximate surface area is 102 Å². The number of rotatable bonds is 2. The zero-order valence-electron chi connectivity index (χ0n) is 9.44. The van der Waals surface area contributed by atoms with Crippen molar-refractivity contribution < 1.29 is 14.8 Å². The Morgan fingerprint density at radius 1 is 1.67 bits per heavy atom. The molecule has 2 heterocycles. The summed E-state index contributed by atoms with van der Waals surface area (Å²) in [6, 6.07) is 1.11. The molecule has 0 radical (unpaired) electrons. The summed E-state index contributed by atoms with van der Waals surface area (Å²) in [6.07, 6.45) is 0.945. The molecular weight excluding hydrogens is 240 g/mol. The molecule has 18 heavy (non-hydrogen) atoms. The second-order valence-corrected chi connectivity index (χ2v) is 4.08. The molecule has 1 fully saturated rings. The van der Waals surface area contributed by atoms with Crippen LogP contribution in [0.5, 0.6) is 0 Å². The highest BCUT2D eigenvalue weighted by atomic mass is 16.6. The van der Waals surface area contributed by atoms with E-state index in [4.69, 9.17) is 5.73 Å². The van der Waals surface area contributed by atoms with Crippen molar-refractivity contribution in [2.45, 2.75) is 12.5 Å².